The van der Waals surface area contributed by atoms with Crippen LogP contribution in [0.5, 0.6) is 0 Å². The topological polar surface area (TPSA) is 53.2 Å². The molecule has 0 saturated carbocycles. The molecule has 0 amide bonds. The number of benzene rings is 1. The number of aliphatic hydroxyl groups is 1. The summed E-state index contributed by atoms with van der Waals surface area (Å²) in [6.07, 6.45) is 1.11. The maximum Gasteiger partial charge on any atom is 0.107 e. The minimum absolute atomic E-state index is 0.522. The molecule has 96 valence electrons. The summed E-state index contributed by atoms with van der Waals surface area (Å²) < 4.78 is 6.14. The van der Waals surface area contributed by atoms with Crippen LogP contribution in [0, 0.1) is 16.7 Å². The summed E-state index contributed by atoms with van der Waals surface area (Å²) >= 11 is 3.45. The molecule has 1 fully saturated rings. The molecule has 0 bridgehead atoms. The van der Waals surface area contributed by atoms with Crippen LogP contribution < -0.4 is 0 Å². The van der Waals surface area contributed by atoms with E-state index in [1.54, 1.807) is 6.92 Å². The van der Waals surface area contributed by atoms with Gasteiger partial charge >= 0.3 is 0 Å². The molecule has 2 rings (SSSR count). The monoisotopic (exact) mass is 309 g/mol. The molecule has 3 nitrogen and oxygen atoms in total. The van der Waals surface area contributed by atoms with Gasteiger partial charge in [0.25, 0.3) is 0 Å². The molecule has 0 radical (unpaired) electrons. The molecule has 0 aromatic heterocycles. The van der Waals surface area contributed by atoms with E-state index in [1.807, 2.05) is 24.3 Å². The highest BCUT2D eigenvalue weighted by Crippen LogP contribution is 2.48. The van der Waals surface area contributed by atoms with Crippen LogP contribution in [0.4, 0.5) is 0 Å². The van der Waals surface area contributed by atoms with Crippen LogP contribution in [-0.4, -0.2) is 18.3 Å². The summed E-state index contributed by atoms with van der Waals surface area (Å²) in [5, 5.41) is 20.5. The number of ether oxygens (including phenoxy) is 1. The molecular formula is C14H16BrNO2. The van der Waals surface area contributed by atoms with Crippen molar-refractivity contribution in [2.75, 3.05) is 13.2 Å². The normalized spacial score (nSPS) is 21.9. The van der Waals surface area contributed by atoms with E-state index in [9.17, 15) is 10.4 Å². The smallest absolute Gasteiger partial charge is 0.107 e. The van der Waals surface area contributed by atoms with Crippen molar-refractivity contribution >= 4 is 15.9 Å². The number of hydrogen-bond acceptors (Lipinski definition) is 3. The minimum Gasteiger partial charge on any atom is -0.384 e. The SMILES string of the molecule is CC(O)(c1ccccc1Br)C1(C#N)CCOCC1. The molecule has 1 heterocycles. The molecule has 1 unspecified atom stereocenters. The Labute approximate surface area is 116 Å². The molecule has 1 aromatic carbocycles. The van der Waals surface area contributed by atoms with Gasteiger partial charge in [-0.3, -0.25) is 0 Å². The summed E-state index contributed by atoms with van der Waals surface area (Å²) in [7, 11) is 0. The lowest BCUT2D eigenvalue weighted by molar-refractivity contribution is -0.0978. The van der Waals surface area contributed by atoms with Crippen LogP contribution in [0.25, 0.3) is 0 Å². The number of halogens is 1. The predicted molar refractivity (Wildman–Crippen MR) is 71.8 cm³/mol. The highest BCUT2D eigenvalue weighted by atomic mass is 79.9. The number of rotatable bonds is 2. The maximum absolute atomic E-state index is 10.9. The number of nitriles is 1. The Morgan fingerprint density at radius 3 is 2.56 bits per heavy atom. The van der Waals surface area contributed by atoms with E-state index in [0.29, 0.717) is 26.1 Å². The highest BCUT2D eigenvalue weighted by molar-refractivity contribution is 9.10. The van der Waals surface area contributed by atoms with Crippen molar-refractivity contribution in [3.8, 4) is 6.07 Å². The Bertz CT molecular complexity index is 473. The van der Waals surface area contributed by atoms with Crippen molar-refractivity contribution < 1.29 is 9.84 Å². The summed E-state index contributed by atoms with van der Waals surface area (Å²) in [6, 6.07) is 9.84. The van der Waals surface area contributed by atoms with Crippen LogP contribution >= 0.6 is 15.9 Å². The lowest BCUT2D eigenvalue weighted by atomic mass is 9.66. The third kappa shape index (κ3) is 2.07. The molecule has 4 heteroatoms. The van der Waals surface area contributed by atoms with E-state index in [2.05, 4.69) is 22.0 Å². The number of hydrogen-bond donors (Lipinski definition) is 1. The quantitative estimate of drug-likeness (QED) is 0.913. The van der Waals surface area contributed by atoms with Gasteiger partial charge in [0.05, 0.1) is 11.5 Å². The van der Waals surface area contributed by atoms with Crippen LogP contribution in [0.15, 0.2) is 28.7 Å². The van der Waals surface area contributed by atoms with Crippen LogP contribution in [-0.2, 0) is 10.3 Å². The van der Waals surface area contributed by atoms with Crippen LogP contribution in [0.3, 0.4) is 0 Å². The molecule has 1 aliphatic rings. The van der Waals surface area contributed by atoms with Crippen LogP contribution in [0.1, 0.15) is 25.3 Å². The fourth-order valence-electron chi connectivity index (χ4n) is 2.54. The Balaban J connectivity index is 2.47. The zero-order valence-electron chi connectivity index (χ0n) is 10.3. The van der Waals surface area contributed by atoms with Crippen molar-refractivity contribution in [3.63, 3.8) is 0 Å². The van der Waals surface area contributed by atoms with Crippen molar-refractivity contribution in [1.29, 1.82) is 5.26 Å². The van der Waals surface area contributed by atoms with Crippen molar-refractivity contribution in [2.45, 2.75) is 25.4 Å². The van der Waals surface area contributed by atoms with Gasteiger partial charge in [-0.2, -0.15) is 5.26 Å². The zero-order valence-corrected chi connectivity index (χ0v) is 11.9. The maximum atomic E-state index is 10.9. The number of nitrogens with zero attached hydrogens (tertiary/aromatic N) is 1. The third-order valence-electron chi connectivity index (χ3n) is 3.89. The fraction of sp³-hybridized carbons (Fsp3) is 0.500. The molecule has 1 atom stereocenters. The van der Waals surface area contributed by atoms with Gasteiger partial charge in [0.15, 0.2) is 0 Å². The predicted octanol–water partition coefficient (Wildman–Crippen LogP) is 2.98. The Hall–Kier alpha value is -0.890. The molecule has 1 aromatic rings. The molecule has 1 N–H and O–H groups in total. The van der Waals surface area contributed by atoms with Gasteiger partial charge in [-0.25, -0.2) is 0 Å². The van der Waals surface area contributed by atoms with Gasteiger partial charge in [0, 0.05) is 17.7 Å². The largest absolute Gasteiger partial charge is 0.384 e. The van der Waals surface area contributed by atoms with E-state index < -0.39 is 11.0 Å². The van der Waals surface area contributed by atoms with Crippen molar-refractivity contribution in [2.24, 2.45) is 5.41 Å². The summed E-state index contributed by atoms with van der Waals surface area (Å²) in [4.78, 5) is 0. The van der Waals surface area contributed by atoms with Crippen LogP contribution in [0.2, 0.25) is 0 Å². The summed E-state index contributed by atoms with van der Waals surface area (Å²) in [6.45, 7) is 2.77. The third-order valence-corrected chi connectivity index (χ3v) is 4.58. The first-order chi connectivity index (χ1) is 8.53. The zero-order chi connectivity index (χ0) is 13.2. The second-order valence-electron chi connectivity index (χ2n) is 4.86. The standard InChI is InChI=1S/C14H16BrNO2/c1-13(17,11-4-2-3-5-12(11)15)14(10-16)6-8-18-9-7-14/h2-5,17H,6-9H2,1H3. The Morgan fingerprint density at radius 2 is 2.00 bits per heavy atom. The Kier molecular flexibility index (Phi) is 3.76. The van der Waals surface area contributed by atoms with Gasteiger partial charge in [0.2, 0.25) is 0 Å². The Morgan fingerprint density at radius 1 is 1.39 bits per heavy atom. The molecule has 1 saturated heterocycles. The second-order valence-corrected chi connectivity index (χ2v) is 5.71. The molecule has 18 heavy (non-hydrogen) atoms. The molecule has 1 aliphatic heterocycles. The van der Waals surface area contributed by atoms with Crippen molar-refractivity contribution in [3.05, 3.63) is 34.3 Å². The van der Waals surface area contributed by atoms with Gasteiger partial charge in [-0.05, 0) is 31.4 Å². The van der Waals surface area contributed by atoms with E-state index in [4.69, 9.17) is 4.74 Å². The second kappa shape index (κ2) is 5.00. The lowest BCUT2D eigenvalue weighted by Gasteiger charge is -2.43. The van der Waals surface area contributed by atoms with Crippen molar-refractivity contribution in [1.82, 2.24) is 0 Å². The van der Waals surface area contributed by atoms with E-state index >= 15 is 0 Å². The molecule has 0 spiro atoms. The fourth-order valence-corrected chi connectivity index (χ4v) is 3.21. The highest BCUT2D eigenvalue weighted by Gasteiger charge is 2.50. The first kappa shape index (κ1) is 13.5. The van der Waals surface area contributed by atoms with Gasteiger partial charge in [-0.1, -0.05) is 34.1 Å². The summed E-state index contributed by atoms with van der Waals surface area (Å²) in [5.74, 6) is 0. The average Bonchev–Trinajstić information content (AvgIpc) is 2.39. The minimum atomic E-state index is -1.19. The van der Waals surface area contributed by atoms with Gasteiger partial charge in [-0.15, -0.1) is 0 Å². The van der Waals surface area contributed by atoms with Gasteiger partial charge in [0.1, 0.15) is 5.60 Å². The van der Waals surface area contributed by atoms with E-state index in [-0.39, 0.29) is 0 Å². The van der Waals surface area contributed by atoms with Gasteiger partial charge < -0.3 is 9.84 Å². The molecule has 0 aliphatic carbocycles. The lowest BCUT2D eigenvalue weighted by Crippen LogP contribution is -2.46. The van der Waals surface area contributed by atoms with E-state index in [0.717, 1.165) is 10.0 Å². The first-order valence-corrected chi connectivity index (χ1v) is 6.79. The average molecular weight is 310 g/mol. The summed E-state index contributed by atoms with van der Waals surface area (Å²) in [5.41, 5.74) is -1.21. The molecular weight excluding hydrogens is 294 g/mol. The van der Waals surface area contributed by atoms with E-state index in [1.165, 1.54) is 0 Å². The first-order valence-electron chi connectivity index (χ1n) is 6.00.